The van der Waals surface area contributed by atoms with E-state index in [4.69, 9.17) is 13.0 Å². The summed E-state index contributed by atoms with van der Waals surface area (Å²) >= 11 is 0. The van der Waals surface area contributed by atoms with Crippen LogP contribution in [0.4, 0.5) is 0 Å². The van der Waals surface area contributed by atoms with Crippen LogP contribution in [0.3, 0.4) is 0 Å². The summed E-state index contributed by atoms with van der Waals surface area (Å²) in [5, 5.41) is 0. The van der Waals surface area contributed by atoms with Gasteiger partial charge in [0.15, 0.2) is 0 Å². The Kier molecular flexibility index (Phi) is 7.90. The molecule has 0 fully saturated rings. The molecule has 0 aliphatic heterocycles. The van der Waals surface area contributed by atoms with Crippen molar-refractivity contribution in [2.45, 2.75) is 19.3 Å². The Labute approximate surface area is 117 Å². The van der Waals surface area contributed by atoms with Gasteiger partial charge in [-0.05, 0) is 24.8 Å². The topological polar surface area (TPSA) is 57.2 Å². The van der Waals surface area contributed by atoms with E-state index in [2.05, 4.69) is 51.5 Å². The maximum Gasteiger partial charge on any atom is 0.0916 e. The second-order valence-electron chi connectivity index (χ2n) is 5.66. The monoisotopic (exact) mass is 287 g/mol. The summed E-state index contributed by atoms with van der Waals surface area (Å²) < 4.78 is 28.3. The Hall–Kier alpha value is -0.910. The van der Waals surface area contributed by atoms with Crippen LogP contribution in [0, 0.1) is 0 Å². The molecule has 0 heterocycles. The zero-order valence-electron chi connectivity index (χ0n) is 12.3. The number of benzene rings is 1. The third-order valence-corrected chi connectivity index (χ3v) is 2.39. The number of nitrogens with zero attached hydrogens (tertiary/aromatic N) is 1. The van der Waals surface area contributed by atoms with Crippen molar-refractivity contribution in [2.75, 3.05) is 33.9 Å². The fourth-order valence-corrected chi connectivity index (χ4v) is 1.56. The first-order valence-electron chi connectivity index (χ1n) is 6.33. The molecule has 0 atom stereocenters. The van der Waals surface area contributed by atoms with Crippen LogP contribution in [-0.4, -0.2) is 51.4 Å². The van der Waals surface area contributed by atoms with Crippen molar-refractivity contribution in [2.24, 2.45) is 0 Å². The quantitative estimate of drug-likeness (QED) is 0.472. The molecule has 0 saturated heterocycles. The fourth-order valence-electron chi connectivity index (χ4n) is 1.56. The van der Waals surface area contributed by atoms with Gasteiger partial charge in [0.05, 0.1) is 37.8 Å². The summed E-state index contributed by atoms with van der Waals surface area (Å²) in [4.78, 5) is 0. The van der Waals surface area contributed by atoms with Crippen molar-refractivity contribution in [3.8, 4) is 0 Å². The summed E-state index contributed by atoms with van der Waals surface area (Å²) in [6.07, 6.45) is 4.45. The highest BCUT2D eigenvalue weighted by atomic mass is 32.2. The van der Waals surface area contributed by atoms with Crippen LogP contribution in [0.15, 0.2) is 30.3 Å². The molecule has 0 bridgehead atoms. The maximum absolute atomic E-state index is 9.08. The minimum absolute atomic E-state index is 0.604. The molecule has 1 rings (SSSR count). The standard InChI is InChI=1S/C13H22N.CH4O3S/c1-14(2,3)12-8-7-11-13-9-5-4-6-10-13;1-5(2,3)4/h4-6,9-10H,7-8,11-12H2,1-3H3;1H3,(H,2,3,4)/q+1;/p-1. The molecule has 5 heteroatoms. The van der Waals surface area contributed by atoms with Crippen LogP contribution in [0.5, 0.6) is 0 Å². The molecule has 1 aromatic rings. The highest BCUT2D eigenvalue weighted by Crippen LogP contribution is 2.05. The Morgan fingerprint density at radius 1 is 1.05 bits per heavy atom. The highest BCUT2D eigenvalue weighted by Gasteiger charge is 2.05. The summed E-state index contributed by atoms with van der Waals surface area (Å²) in [7, 11) is 2.84. The molecule has 0 N–H and O–H groups in total. The summed E-state index contributed by atoms with van der Waals surface area (Å²) in [6.45, 7) is 1.27. The maximum atomic E-state index is 9.08. The van der Waals surface area contributed by atoms with Crippen LogP contribution in [0.1, 0.15) is 18.4 Å². The third-order valence-electron chi connectivity index (χ3n) is 2.39. The van der Waals surface area contributed by atoms with Gasteiger partial charge in [0.1, 0.15) is 0 Å². The van der Waals surface area contributed by atoms with Gasteiger partial charge in [-0.1, -0.05) is 30.3 Å². The van der Waals surface area contributed by atoms with E-state index in [9.17, 15) is 0 Å². The molecule has 4 nitrogen and oxygen atoms in total. The van der Waals surface area contributed by atoms with E-state index >= 15 is 0 Å². The Morgan fingerprint density at radius 2 is 1.53 bits per heavy atom. The second-order valence-corrected chi connectivity index (χ2v) is 7.07. The number of rotatable bonds is 5. The lowest BCUT2D eigenvalue weighted by Crippen LogP contribution is -2.35. The predicted molar refractivity (Wildman–Crippen MR) is 77.9 cm³/mol. The molecule has 0 aliphatic carbocycles. The summed E-state index contributed by atoms with van der Waals surface area (Å²) in [6, 6.07) is 10.7. The zero-order valence-corrected chi connectivity index (χ0v) is 13.1. The molecule has 0 aromatic heterocycles. The lowest BCUT2D eigenvalue weighted by atomic mass is 10.1. The van der Waals surface area contributed by atoms with E-state index in [1.54, 1.807) is 0 Å². The molecule has 1 aromatic carbocycles. The van der Waals surface area contributed by atoms with Gasteiger partial charge in [-0.2, -0.15) is 0 Å². The molecule has 0 radical (unpaired) electrons. The minimum Gasteiger partial charge on any atom is -0.748 e. The van der Waals surface area contributed by atoms with E-state index in [1.807, 2.05) is 0 Å². The van der Waals surface area contributed by atoms with Crippen molar-refractivity contribution >= 4 is 10.1 Å². The fraction of sp³-hybridized carbons (Fsp3) is 0.571. The summed E-state index contributed by atoms with van der Waals surface area (Å²) in [5.41, 5.74) is 1.47. The van der Waals surface area contributed by atoms with Crippen molar-refractivity contribution in [3.05, 3.63) is 35.9 Å². The number of aryl methyl sites for hydroxylation is 1. The lowest BCUT2D eigenvalue weighted by molar-refractivity contribution is -0.870. The molecular weight excluding hydrogens is 262 g/mol. The van der Waals surface area contributed by atoms with Gasteiger partial charge < -0.3 is 9.04 Å². The molecule has 0 amide bonds. The molecule has 0 spiro atoms. The van der Waals surface area contributed by atoms with Crippen molar-refractivity contribution in [3.63, 3.8) is 0 Å². The largest absolute Gasteiger partial charge is 0.748 e. The first-order chi connectivity index (χ1) is 8.58. The first-order valence-corrected chi connectivity index (χ1v) is 8.15. The molecule has 0 unspecified atom stereocenters. The SMILES string of the molecule is CS(=O)(=O)[O-].C[N+](C)(C)CCCCc1ccccc1. The van der Waals surface area contributed by atoms with Crippen LogP contribution < -0.4 is 0 Å². The van der Waals surface area contributed by atoms with Gasteiger partial charge in [-0.25, -0.2) is 8.42 Å². The molecule has 110 valence electrons. The average Bonchev–Trinajstić information content (AvgIpc) is 2.22. The lowest BCUT2D eigenvalue weighted by Gasteiger charge is -2.23. The van der Waals surface area contributed by atoms with Gasteiger partial charge in [-0.3, -0.25) is 0 Å². The Morgan fingerprint density at radius 3 is 1.95 bits per heavy atom. The highest BCUT2D eigenvalue weighted by molar-refractivity contribution is 7.84. The van der Waals surface area contributed by atoms with Crippen molar-refractivity contribution in [1.29, 1.82) is 0 Å². The number of unbranched alkanes of at least 4 members (excludes halogenated alkanes) is 1. The normalized spacial score (nSPS) is 11.6. The Balaban J connectivity index is 0.000000555. The third kappa shape index (κ3) is 17.1. The van der Waals surface area contributed by atoms with Crippen LogP contribution in [-0.2, 0) is 16.5 Å². The zero-order chi connectivity index (χ0) is 14.9. The van der Waals surface area contributed by atoms with Crippen LogP contribution in [0.25, 0.3) is 0 Å². The smallest absolute Gasteiger partial charge is 0.0916 e. The van der Waals surface area contributed by atoms with Crippen LogP contribution in [0.2, 0.25) is 0 Å². The molecule has 19 heavy (non-hydrogen) atoms. The van der Waals surface area contributed by atoms with E-state index in [0.717, 1.165) is 4.48 Å². The predicted octanol–water partition coefficient (Wildman–Crippen LogP) is 1.88. The van der Waals surface area contributed by atoms with Crippen molar-refractivity contribution in [1.82, 2.24) is 0 Å². The van der Waals surface area contributed by atoms with Crippen molar-refractivity contribution < 1.29 is 17.5 Å². The Bertz CT molecular complexity index is 428. The average molecular weight is 287 g/mol. The van der Waals surface area contributed by atoms with Gasteiger partial charge in [-0.15, -0.1) is 0 Å². The van der Waals surface area contributed by atoms with E-state index < -0.39 is 10.1 Å². The van der Waals surface area contributed by atoms with E-state index in [1.165, 1.54) is 31.4 Å². The molecule has 0 aliphatic rings. The number of quaternary nitrogens is 1. The molecular formula is C14H25NO3S. The van der Waals surface area contributed by atoms with E-state index in [-0.39, 0.29) is 0 Å². The van der Waals surface area contributed by atoms with Gasteiger partial charge >= 0.3 is 0 Å². The first kappa shape index (κ1) is 18.1. The van der Waals surface area contributed by atoms with Gasteiger partial charge in [0.2, 0.25) is 0 Å². The summed E-state index contributed by atoms with van der Waals surface area (Å²) in [5.74, 6) is 0. The second kappa shape index (κ2) is 8.30. The molecule has 0 saturated carbocycles. The van der Waals surface area contributed by atoms with Gasteiger partial charge in [0.25, 0.3) is 0 Å². The number of hydrogen-bond acceptors (Lipinski definition) is 3. The van der Waals surface area contributed by atoms with E-state index in [0.29, 0.717) is 6.26 Å². The van der Waals surface area contributed by atoms with Gasteiger partial charge in [0, 0.05) is 6.26 Å². The van der Waals surface area contributed by atoms with Crippen LogP contribution >= 0.6 is 0 Å². The minimum atomic E-state index is -3.92. The number of hydrogen-bond donors (Lipinski definition) is 0.